The summed E-state index contributed by atoms with van der Waals surface area (Å²) in [6.45, 7) is 9.17. The molecular weight excluding hydrogens is 504 g/mol. The largest absolute Gasteiger partial charge is 0.278 e. The lowest BCUT2D eigenvalue weighted by atomic mass is 10.1. The number of thiazole rings is 1. The van der Waals surface area contributed by atoms with Gasteiger partial charge in [-0.2, -0.15) is 4.31 Å². The zero-order chi connectivity index (χ0) is 26.6. The summed E-state index contributed by atoms with van der Waals surface area (Å²) in [7, 11) is -3.63. The number of aromatic nitrogens is 2. The molecule has 0 atom stereocenters. The molecule has 0 radical (unpaired) electrons. The molecule has 2 aromatic heterocycles. The Morgan fingerprint density at radius 2 is 1.65 bits per heavy atom. The monoisotopic (exact) mass is 536 g/mol. The molecule has 0 aliphatic rings. The first kappa shape index (κ1) is 26.9. The van der Waals surface area contributed by atoms with Crippen molar-refractivity contribution in [1.82, 2.24) is 14.3 Å². The molecule has 0 saturated heterocycles. The van der Waals surface area contributed by atoms with Gasteiger partial charge in [0.05, 0.1) is 27.4 Å². The number of carbonyl (C=O) groups is 1. The third-order valence-corrected chi connectivity index (χ3v) is 9.24. The lowest BCUT2D eigenvalue weighted by Crippen LogP contribution is -2.33. The maximum atomic E-state index is 13.8. The molecule has 194 valence electrons. The van der Waals surface area contributed by atoms with Crippen LogP contribution in [0.4, 0.5) is 5.13 Å². The maximum Gasteiger partial charge on any atom is 0.260 e. The molecule has 7 nitrogen and oxygen atoms in total. The number of aryl methyl sites for hydroxylation is 2. The van der Waals surface area contributed by atoms with Crippen molar-refractivity contribution >= 4 is 42.6 Å². The highest BCUT2D eigenvalue weighted by atomic mass is 32.2. The summed E-state index contributed by atoms with van der Waals surface area (Å²) in [5.41, 5.74) is 4.23. The average molecular weight is 537 g/mol. The van der Waals surface area contributed by atoms with Crippen LogP contribution < -0.4 is 4.90 Å². The van der Waals surface area contributed by atoms with Crippen LogP contribution in [-0.2, 0) is 16.6 Å². The van der Waals surface area contributed by atoms with E-state index in [0.29, 0.717) is 23.8 Å². The van der Waals surface area contributed by atoms with Gasteiger partial charge >= 0.3 is 0 Å². The minimum atomic E-state index is -3.63. The molecule has 0 unspecified atom stereocenters. The Hall–Kier alpha value is -3.14. The zero-order valence-electron chi connectivity index (χ0n) is 21.6. The predicted molar refractivity (Wildman–Crippen MR) is 150 cm³/mol. The fourth-order valence-electron chi connectivity index (χ4n) is 4.14. The third kappa shape index (κ3) is 5.74. The van der Waals surface area contributed by atoms with E-state index in [1.807, 2.05) is 52.0 Å². The van der Waals surface area contributed by atoms with Crippen molar-refractivity contribution < 1.29 is 13.2 Å². The molecule has 0 saturated carbocycles. The van der Waals surface area contributed by atoms with Crippen LogP contribution in [0.5, 0.6) is 0 Å². The van der Waals surface area contributed by atoms with Crippen LogP contribution in [0, 0.1) is 13.8 Å². The van der Waals surface area contributed by atoms with Gasteiger partial charge < -0.3 is 0 Å². The Morgan fingerprint density at radius 3 is 2.27 bits per heavy atom. The molecule has 0 spiro atoms. The number of amides is 1. The molecular formula is C28H32N4O3S2. The van der Waals surface area contributed by atoms with Gasteiger partial charge in [-0.05, 0) is 80.3 Å². The number of carbonyl (C=O) groups excluding carboxylic acids is 1. The number of pyridine rings is 1. The summed E-state index contributed by atoms with van der Waals surface area (Å²) < 4.78 is 28.8. The highest BCUT2D eigenvalue weighted by Crippen LogP contribution is 2.33. The van der Waals surface area contributed by atoms with E-state index < -0.39 is 10.0 Å². The van der Waals surface area contributed by atoms with Gasteiger partial charge in [0.1, 0.15) is 0 Å². The van der Waals surface area contributed by atoms with Gasteiger partial charge in [-0.15, -0.1) is 0 Å². The zero-order valence-corrected chi connectivity index (χ0v) is 23.3. The van der Waals surface area contributed by atoms with Gasteiger partial charge in [-0.1, -0.05) is 37.3 Å². The van der Waals surface area contributed by atoms with Crippen LogP contribution in [0.25, 0.3) is 10.2 Å². The van der Waals surface area contributed by atoms with E-state index in [2.05, 4.69) is 11.1 Å². The summed E-state index contributed by atoms with van der Waals surface area (Å²) in [5.74, 6) is -0.262. The number of nitrogens with zero attached hydrogens (tertiary/aromatic N) is 4. The second-order valence-electron chi connectivity index (χ2n) is 8.99. The van der Waals surface area contributed by atoms with Gasteiger partial charge in [0, 0.05) is 24.8 Å². The molecule has 9 heteroatoms. The van der Waals surface area contributed by atoms with Crippen LogP contribution in [0.3, 0.4) is 0 Å². The van der Waals surface area contributed by atoms with E-state index in [-0.39, 0.29) is 17.3 Å². The van der Waals surface area contributed by atoms with Gasteiger partial charge in [-0.25, -0.2) is 13.4 Å². The number of hydrogen-bond acceptors (Lipinski definition) is 6. The van der Waals surface area contributed by atoms with Gasteiger partial charge in [0.15, 0.2) is 5.13 Å². The number of benzene rings is 2. The molecule has 37 heavy (non-hydrogen) atoms. The second kappa shape index (κ2) is 11.5. The number of rotatable bonds is 10. The Morgan fingerprint density at radius 1 is 0.946 bits per heavy atom. The Bertz CT molecular complexity index is 1480. The quantitative estimate of drug-likeness (QED) is 0.249. The van der Waals surface area contributed by atoms with Crippen molar-refractivity contribution in [3.05, 3.63) is 83.2 Å². The molecule has 2 aromatic carbocycles. The summed E-state index contributed by atoms with van der Waals surface area (Å²) >= 11 is 1.46. The first-order valence-corrected chi connectivity index (χ1v) is 14.7. The average Bonchev–Trinajstić information content (AvgIpc) is 3.34. The van der Waals surface area contributed by atoms with Crippen molar-refractivity contribution in [1.29, 1.82) is 0 Å². The highest BCUT2D eigenvalue weighted by Gasteiger charge is 2.26. The van der Waals surface area contributed by atoms with Crippen LogP contribution in [0.2, 0.25) is 0 Å². The Balaban J connectivity index is 1.70. The van der Waals surface area contributed by atoms with Crippen LogP contribution >= 0.6 is 11.3 Å². The first-order chi connectivity index (χ1) is 17.8. The first-order valence-electron chi connectivity index (χ1n) is 12.4. The lowest BCUT2D eigenvalue weighted by molar-refractivity contribution is 0.0984. The fraction of sp³-hybridized carbons (Fsp3) is 0.321. The number of hydrogen-bond donors (Lipinski definition) is 0. The normalized spacial score (nSPS) is 11.8. The van der Waals surface area contributed by atoms with Gasteiger partial charge in [0.25, 0.3) is 5.91 Å². The smallest absolute Gasteiger partial charge is 0.260 e. The van der Waals surface area contributed by atoms with E-state index in [1.165, 1.54) is 27.8 Å². The molecule has 0 aliphatic carbocycles. The Kier molecular flexibility index (Phi) is 8.36. The minimum absolute atomic E-state index is 0.188. The van der Waals surface area contributed by atoms with E-state index in [9.17, 15) is 13.2 Å². The summed E-state index contributed by atoms with van der Waals surface area (Å²) in [6, 6.07) is 15.9. The Labute approximate surface area is 222 Å². The summed E-state index contributed by atoms with van der Waals surface area (Å²) in [4.78, 5) is 24.8. The van der Waals surface area contributed by atoms with Crippen molar-refractivity contribution in [2.75, 3.05) is 18.0 Å². The fourth-order valence-corrected chi connectivity index (χ4v) is 6.78. The van der Waals surface area contributed by atoms with Crippen LogP contribution in [0.15, 0.2) is 65.7 Å². The van der Waals surface area contributed by atoms with E-state index in [0.717, 1.165) is 39.9 Å². The predicted octanol–water partition coefficient (Wildman–Crippen LogP) is 5.97. The lowest BCUT2D eigenvalue weighted by Gasteiger charge is -2.22. The summed E-state index contributed by atoms with van der Waals surface area (Å²) in [5, 5.41) is 0.577. The molecule has 4 aromatic rings. The maximum absolute atomic E-state index is 13.8. The van der Waals surface area contributed by atoms with Crippen molar-refractivity contribution in [3.63, 3.8) is 0 Å². The molecule has 0 aliphatic heterocycles. The summed E-state index contributed by atoms with van der Waals surface area (Å²) in [6.07, 6.45) is 3.17. The SMILES string of the molecule is CCCN(CCC)S(=O)(=O)c1ccc(C(=O)N(Cc2ccccn2)c2nc3c(C)c(C)ccc3s2)cc1. The van der Waals surface area contributed by atoms with Crippen molar-refractivity contribution in [3.8, 4) is 0 Å². The van der Waals surface area contributed by atoms with Crippen molar-refractivity contribution in [2.24, 2.45) is 0 Å². The number of sulfonamides is 1. The second-order valence-corrected chi connectivity index (χ2v) is 11.9. The standard InChI is InChI=1S/C28H32N4O3S2/c1-5-17-31(18-6-2)37(34,35)24-13-11-22(12-14-24)27(33)32(19-23-9-7-8-16-29-23)28-30-26-21(4)20(3)10-15-25(26)36-28/h7-16H,5-6,17-19H2,1-4H3. The third-order valence-electron chi connectivity index (χ3n) is 6.28. The minimum Gasteiger partial charge on any atom is -0.278 e. The molecule has 0 N–H and O–H groups in total. The van der Waals surface area contributed by atoms with E-state index in [1.54, 1.807) is 23.2 Å². The van der Waals surface area contributed by atoms with Gasteiger partial charge in [-0.3, -0.25) is 14.7 Å². The van der Waals surface area contributed by atoms with Gasteiger partial charge in [0.2, 0.25) is 10.0 Å². The molecule has 0 bridgehead atoms. The number of anilines is 1. The number of fused-ring (bicyclic) bond motifs is 1. The molecule has 2 heterocycles. The highest BCUT2D eigenvalue weighted by molar-refractivity contribution is 7.89. The molecule has 1 amide bonds. The van der Waals surface area contributed by atoms with Crippen LogP contribution in [-0.4, -0.2) is 41.7 Å². The topological polar surface area (TPSA) is 83.5 Å². The van der Waals surface area contributed by atoms with E-state index in [4.69, 9.17) is 4.98 Å². The van der Waals surface area contributed by atoms with Crippen molar-refractivity contribution in [2.45, 2.75) is 52.0 Å². The molecule has 0 fully saturated rings. The van der Waals surface area contributed by atoms with E-state index >= 15 is 0 Å². The molecule has 4 rings (SSSR count). The van der Waals surface area contributed by atoms with Crippen LogP contribution in [0.1, 0.15) is 53.9 Å².